The Balaban J connectivity index is 1.61. The molecule has 2 N–H and O–H groups in total. The van der Waals surface area contributed by atoms with E-state index in [9.17, 15) is 14.4 Å². The fourth-order valence-corrected chi connectivity index (χ4v) is 5.84. The molecule has 0 aromatic heterocycles. The van der Waals surface area contributed by atoms with Crippen LogP contribution in [0.2, 0.25) is 0 Å². The van der Waals surface area contributed by atoms with Crippen molar-refractivity contribution >= 4 is 17.7 Å². The summed E-state index contributed by atoms with van der Waals surface area (Å²) < 4.78 is 0. The molecule has 198 valence electrons. The summed E-state index contributed by atoms with van der Waals surface area (Å²) in [5.74, 6) is -0.206. The molecule has 2 aliphatic rings. The Bertz CT molecular complexity index is 1100. The summed E-state index contributed by atoms with van der Waals surface area (Å²) >= 11 is 0. The highest BCUT2D eigenvalue weighted by Gasteiger charge is 2.47. The van der Waals surface area contributed by atoms with Crippen molar-refractivity contribution in [1.82, 2.24) is 20.4 Å². The molecule has 1 saturated heterocycles. The molecule has 1 aliphatic carbocycles. The summed E-state index contributed by atoms with van der Waals surface area (Å²) in [5.41, 5.74) is 3.82. The van der Waals surface area contributed by atoms with E-state index in [1.165, 1.54) is 11.1 Å². The maximum Gasteiger partial charge on any atom is 0.251 e. The van der Waals surface area contributed by atoms with E-state index in [4.69, 9.17) is 0 Å². The van der Waals surface area contributed by atoms with Gasteiger partial charge in [-0.1, -0.05) is 69.2 Å². The maximum absolute atomic E-state index is 14.1. The van der Waals surface area contributed by atoms with Crippen molar-refractivity contribution in [3.05, 3.63) is 70.8 Å². The summed E-state index contributed by atoms with van der Waals surface area (Å²) in [6, 6.07) is 14.6. The van der Waals surface area contributed by atoms with Crippen LogP contribution >= 0.6 is 0 Å². The molecule has 0 unspecified atom stereocenters. The number of benzene rings is 2. The van der Waals surface area contributed by atoms with Crippen LogP contribution in [0.1, 0.15) is 53.7 Å². The van der Waals surface area contributed by atoms with Gasteiger partial charge < -0.3 is 20.4 Å². The van der Waals surface area contributed by atoms with E-state index in [1.807, 2.05) is 49.3 Å². The van der Waals surface area contributed by atoms with Gasteiger partial charge in [0, 0.05) is 25.2 Å². The van der Waals surface area contributed by atoms with Gasteiger partial charge in [-0.25, -0.2) is 0 Å². The third-order valence-corrected chi connectivity index (χ3v) is 7.95. The average molecular weight is 505 g/mol. The molecular weight excluding hydrogens is 464 g/mol. The van der Waals surface area contributed by atoms with Gasteiger partial charge in [-0.2, -0.15) is 0 Å². The summed E-state index contributed by atoms with van der Waals surface area (Å²) in [7, 11) is 3.93. The lowest BCUT2D eigenvalue weighted by Crippen LogP contribution is -2.66. The SMILES string of the molecule is CCC(CC)[C@@H]1C(=O)N[C@H](C2Cc3ccccc3C2)C(=O)N1Cc1ccccc1C(=O)NCCN(C)C. The van der Waals surface area contributed by atoms with Gasteiger partial charge in [-0.3, -0.25) is 14.4 Å². The second-order valence-electron chi connectivity index (χ2n) is 10.6. The Morgan fingerprint density at radius 2 is 1.65 bits per heavy atom. The van der Waals surface area contributed by atoms with Crippen LogP contribution in [0.5, 0.6) is 0 Å². The molecular formula is C30H40N4O3. The zero-order valence-electron chi connectivity index (χ0n) is 22.5. The Kier molecular flexibility index (Phi) is 8.64. The molecule has 1 heterocycles. The van der Waals surface area contributed by atoms with E-state index in [1.54, 1.807) is 11.0 Å². The van der Waals surface area contributed by atoms with E-state index in [0.717, 1.165) is 37.8 Å². The minimum atomic E-state index is -0.563. The van der Waals surface area contributed by atoms with Crippen LogP contribution in [0, 0.1) is 11.8 Å². The highest BCUT2D eigenvalue weighted by molar-refractivity contribution is 5.98. The molecule has 0 saturated carbocycles. The van der Waals surface area contributed by atoms with Crippen molar-refractivity contribution < 1.29 is 14.4 Å². The van der Waals surface area contributed by atoms with Crippen molar-refractivity contribution in [2.45, 2.75) is 58.2 Å². The molecule has 2 aromatic rings. The van der Waals surface area contributed by atoms with Crippen LogP contribution in [0.15, 0.2) is 48.5 Å². The lowest BCUT2D eigenvalue weighted by molar-refractivity contribution is -0.154. The third-order valence-electron chi connectivity index (χ3n) is 7.95. The van der Waals surface area contributed by atoms with Gasteiger partial charge in [0.05, 0.1) is 0 Å². The molecule has 7 heteroatoms. The molecule has 1 aliphatic heterocycles. The number of hydrogen-bond donors (Lipinski definition) is 2. The number of amides is 3. The van der Waals surface area contributed by atoms with Crippen molar-refractivity contribution in [3.63, 3.8) is 0 Å². The molecule has 4 rings (SSSR count). The Hall–Kier alpha value is -3.19. The quantitative estimate of drug-likeness (QED) is 0.521. The molecule has 2 aromatic carbocycles. The first-order valence-electron chi connectivity index (χ1n) is 13.5. The zero-order chi connectivity index (χ0) is 26.5. The number of carbonyl (C=O) groups excluding carboxylic acids is 3. The minimum absolute atomic E-state index is 0.0311. The van der Waals surface area contributed by atoms with E-state index >= 15 is 0 Å². The first-order chi connectivity index (χ1) is 17.8. The van der Waals surface area contributed by atoms with Crippen LogP contribution in [0.3, 0.4) is 0 Å². The van der Waals surface area contributed by atoms with E-state index in [-0.39, 0.29) is 36.1 Å². The van der Waals surface area contributed by atoms with E-state index in [2.05, 4.69) is 36.6 Å². The fourth-order valence-electron chi connectivity index (χ4n) is 5.84. The molecule has 0 radical (unpaired) electrons. The van der Waals surface area contributed by atoms with Crippen LogP contribution in [0.4, 0.5) is 0 Å². The lowest BCUT2D eigenvalue weighted by Gasteiger charge is -2.44. The number of fused-ring (bicyclic) bond motifs is 1. The van der Waals surface area contributed by atoms with E-state index < -0.39 is 12.1 Å². The average Bonchev–Trinajstić information content (AvgIpc) is 3.32. The number of rotatable bonds is 10. The molecule has 7 nitrogen and oxygen atoms in total. The first-order valence-corrected chi connectivity index (χ1v) is 13.5. The number of hydrogen-bond acceptors (Lipinski definition) is 4. The van der Waals surface area contributed by atoms with Crippen LogP contribution in [-0.2, 0) is 29.0 Å². The number of nitrogens with zero attached hydrogens (tertiary/aromatic N) is 2. The van der Waals surface area contributed by atoms with Gasteiger partial charge >= 0.3 is 0 Å². The number of likely N-dealkylation sites (N-methyl/N-ethyl adjacent to an activating group) is 1. The van der Waals surface area contributed by atoms with Crippen LogP contribution in [0.25, 0.3) is 0 Å². The summed E-state index contributed by atoms with van der Waals surface area (Å²) in [6.07, 6.45) is 3.15. The van der Waals surface area contributed by atoms with Crippen molar-refractivity contribution in [1.29, 1.82) is 0 Å². The predicted molar refractivity (Wildman–Crippen MR) is 145 cm³/mol. The third kappa shape index (κ3) is 5.87. The van der Waals surface area contributed by atoms with E-state index in [0.29, 0.717) is 12.1 Å². The Morgan fingerprint density at radius 3 is 2.27 bits per heavy atom. The van der Waals surface area contributed by atoms with Gasteiger partial charge in [0.2, 0.25) is 11.8 Å². The second kappa shape index (κ2) is 11.9. The number of nitrogens with one attached hydrogen (secondary N) is 2. The minimum Gasteiger partial charge on any atom is -0.351 e. The van der Waals surface area contributed by atoms with Gasteiger partial charge in [-0.15, -0.1) is 0 Å². The molecule has 0 spiro atoms. The number of piperazine rings is 1. The van der Waals surface area contributed by atoms with Gasteiger partial charge in [0.15, 0.2) is 0 Å². The topological polar surface area (TPSA) is 81.8 Å². The maximum atomic E-state index is 14.1. The molecule has 37 heavy (non-hydrogen) atoms. The molecule has 1 fully saturated rings. The standard InChI is InChI=1S/C30H40N4O3/c1-5-20(6-2)27-29(36)32-26(24-17-21-11-7-8-12-22(21)18-24)30(37)34(27)19-23-13-9-10-14-25(23)28(35)31-15-16-33(3)4/h7-14,20,24,26-27H,5-6,15-19H2,1-4H3,(H,31,35)(H,32,36)/t26-,27-/m1/s1. The Labute approximate surface area is 220 Å². The predicted octanol–water partition coefficient (Wildman–Crippen LogP) is 3.02. The number of carbonyl (C=O) groups is 3. The second-order valence-corrected chi connectivity index (χ2v) is 10.6. The normalized spacial score (nSPS) is 19.9. The molecule has 0 bridgehead atoms. The van der Waals surface area contributed by atoms with Crippen molar-refractivity contribution in [2.24, 2.45) is 11.8 Å². The Morgan fingerprint density at radius 1 is 1.03 bits per heavy atom. The van der Waals surface area contributed by atoms with Gasteiger partial charge in [0.1, 0.15) is 12.1 Å². The largest absolute Gasteiger partial charge is 0.351 e. The molecule has 2 atom stereocenters. The summed E-state index contributed by atoms with van der Waals surface area (Å²) in [6.45, 7) is 5.64. The fraction of sp³-hybridized carbons (Fsp3) is 0.500. The van der Waals surface area contributed by atoms with Crippen LogP contribution < -0.4 is 10.6 Å². The summed E-state index contributed by atoms with van der Waals surface area (Å²) in [4.78, 5) is 44.5. The highest BCUT2D eigenvalue weighted by Crippen LogP contribution is 2.33. The molecule has 3 amide bonds. The first kappa shape index (κ1) is 26.9. The smallest absolute Gasteiger partial charge is 0.251 e. The summed E-state index contributed by atoms with van der Waals surface area (Å²) in [5, 5.41) is 6.10. The monoisotopic (exact) mass is 504 g/mol. The van der Waals surface area contributed by atoms with Crippen molar-refractivity contribution in [2.75, 3.05) is 27.2 Å². The van der Waals surface area contributed by atoms with Crippen molar-refractivity contribution in [3.8, 4) is 0 Å². The van der Waals surface area contributed by atoms with Gasteiger partial charge in [0.25, 0.3) is 5.91 Å². The lowest BCUT2D eigenvalue weighted by atomic mass is 9.85. The zero-order valence-corrected chi connectivity index (χ0v) is 22.5. The highest BCUT2D eigenvalue weighted by atomic mass is 16.2. The van der Waals surface area contributed by atoms with Crippen LogP contribution in [-0.4, -0.2) is 66.8 Å². The van der Waals surface area contributed by atoms with Gasteiger partial charge in [-0.05, 0) is 61.5 Å².